The molecule has 0 fully saturated rings. The average molecular weight is 741 g/mol. The van der Waals surface area contributed by atoms with E-state index in [1.165, 1.54) is 0 Å². The standard InChI is InChI=1S/C46H20N12/c47-17-21(18-48)39-35-5-1-23(51-35)9-27-13-31-32-14-29-11-25-3-7-37(53-25)40(22(19-49)20-50)38-8-4-26(54-38)12-30-16-34-33-15-28(10-24-2-6-36(39)52-24)57-45(33)41(43(31)55-27)42(44(32)56-29)46(34)58-30/h1-16,51,53,57-58H. The number of nitrogens with one attached hydrogen (secondary N) is 4. The number of nitriles is 4. The number of aromatic nitrogens is 8. The molecule has 10 heterocycles. The third-order valence-electron chi connectivity index (χ3n) is 11.0. The van der Waals surface area contributed by atoms with Crippen LogP contribution in [0.4, 0.5) is 0 Å². The van der Waals surface area contributed by atoms with E-state index in [1.807, 2.05) is 72.8 Å². The molecule has 0 atom stereocenters. The van der Waals surface area contributed by atoms with Crippen molar-refractivity contribution in [3.05, 3.63) is 106 Å². The Kier molecular flexibility index (Phi) is 6.05. The summed E-state index contributed by atoms with van der Waals surface area (Å²) in [4.78, 5) is 34.5. The van der Waals surface area contributed by atoms with Crippen molar-refractivity contribution in [3.8, 4) is 24.3 Å². The Labute approximate surface area is 324 Å². The van der Waals surface area contributed by atoms with E-state index in [1.54, 1.807) is 0 Å². The van der Waals surface area contributed by atoms with Crippen LogP contribution in [-0.2, 0) is 0 Å². The van der Waals surface area contributed by atoms with E-state index in [-0.39, 0.29) is 11.1 Å². The van der Waals surface area contributed by atoms with Gasteiger partial charge in [-0.15, -0.1) is 0 Å². The SMILES string of the molecule is N#CC(C#N)=c1c2nc(cc3cc4c5cc6cc7nc(c(=C(C#N)C#N)c8ccc(cc9cc%10c%11cc(cc%12ccc1[nH]%12)nc%11c(c4[nH]3)c(c%10n9)c5[nH]6)[nH]8)C=C7)C=C2. The molecule has 0 aliphatic carbocycles. The summed E-state index contributed by atoms with van der Waals surface area (Å²) in [5, 5.41) is 46.3. The molecule has 10 aromatic rings. The Balaban J connectivity index is 1.34. The molecular weight excluding hydrogens is 721 g/mol. The van der Waals surface area contributed by atoms with Gasteiger partial charge in [0.25, 0.3) is 0 Å². The van der Waals surface area contributed by atoms with Crippen molar-refractivity contribution >= 4 is 134 Å². The molecule has 4 N–H and O–H groups in total. The minimum Gasteiger partial charge on any atom is -0.355 e. The number of rotatable bonds is 0. The molecule has 0 saturated heterocycles. The quantitative estimate of drug-likeness (QED) is 0.119. The van der Waals surface area contributed by atoms with Crippen molar-refractivity contribution in [1.82, 2.24) is 39.9 Å². The minimum absolute atomic E-state index is 0.0455. The first kappa shape index (κ1) is 31.3. The molecular formula is C46H20N12. The lowest BCUT2D eigenvalue weighted by atomic mass is 9.98. The van der Waals surface area contributed by atoms with Gasteiger partial charge in [0.05, 0.1) is 77.3 Å². The topological polar surface area (TPSA) is 210 Å². The normalized spacial score (nSPS) is 12.3. The Morgan fingerprint density at radius 1 is 0.431 bits per heavy atom. The van der Waals surface area contributed by atoms with E-state index in [0.717, 1.165) is 76.5 Å². The molecule has 0 amide bonds. The molecule has 8 aromatic heterocycles. The summed E-state index contributed by atoms with van der Waals surface area (Å²) < 4.78 is 0. The van der Waals surface area contributed by atoms with E-state index in [9.17, 15) is 21.0 Å². The number of H-pyrrole nitrogens is 4. The van der Waals surface area contributed by atoms with Crippen molar-refractivity contribution < 1.29 is 0 Å². The lowest BCUT2D eigenvalue weighted by Crippen LogP contribution is -2.10. The van der Waals surface area contributed by atoms with E-state index in [0.29, 0.717) is 55.3 Å². The predicted molar refractivity (Wildman–Crippen MR) is 225 cm³/mol. The maximum atomic E-state index is 9.96. The van der Waals surface area contributed by atoms with Crippen LogP contribution >= 0.6 is 0 Å². The fraction of sp³-hybridized carbons (Fsp3) is 0. The monoisotopic (exact) mass is 740 g/mol. The van der Waals surface area contributed by atoms with Gasteiger partial charge in [-0.3, -0.25) is 0 Å². The predicted octanol–water partition coefficient (Wildman–Crippen LogP) is 8.01. The number of benzene rings is 2. The number of aromatic amines is 4. The lowest BCUT2D eigenvalue weighted by Gasteiger charge is -2.07. The second-order valence-corrected chi connectivity index (χ2v) is 14.4. The molecule has 58 heavy (non-hydrogen) atoms. The zero-order chi connectivity index (χ0) is 38.8. The maximum Gasteiger partial charge on any atom is 0.141 e. The van der Waals surface area contributed by atoms with E-state index in [4.69, 9.17) is 19.9 Å². The minimum atomic E-state index is -0.0455. The molecule has 12 heteroatoms. The van der Waals surface area contributed by atoms with Gasteiger partial charge in [0.2, 0.25) is 0 Å². The van der Waals surface area contributed by atoms with Gasteiger partial charge in [0.15, 0.2) is 0 Å². The van der Waals surface area contributed by atoms with Crippen molar-refractivity contribution in [2.45, 2.75) is 0 Å². The average Bonchev–Trinajstić information content (AvgIpc) is 4.06. The van der Waals surface area contributed by atoms with Crippen LogP contribution in [-0.4, -0.2) is 39.9 Å². The molecule has 2 aliphatic rings. The van der Waals surface area contributed by atoms with E-state index < -0.39 is 0 Å². The molecule has 2 aliphatic heterocycles. The summed E-state index contributed by atoms with van der Waals surface area (Å²) in [6.45, 7) is 0. The van der Waals surface area contributed by atoms with Gasteiger partial charge in [0, 0.05) is 54.4 Å². The Bertz CT molecular complexity index is 3840. The highest BCUT2D eigenvalue weighted by Gasteiger charge is 2.22. The summed E-state index contributed by atoms with van der Waals surface area (Å²) in [5.41, 5.74) is 11.3. The molecule has 12 nitrogen and oxygen atoms in total. The van der Waals surface area contributed by atoms with Gasteiger partial charge in [0.1, 0.15) is 35.4 Å². The van der Waals surface area contributed by atoms with Gasteiger partial charge in [-0.05, 0) is 97.1 Å². The first-order chi connectivity index (χ1) is 28.5. The summed E-state index contributed by atoms with van der Waals surface area (Å²) in [6, 6.07) is 31.8. The van der Waals surface area contributed by atoms with Gasteiger partial charge in [-0.25, -0.2) is 19.9 Å². The van der Waals surface area contributed by atoms with Crippen LogP contribution in [0.5, 0.6) is 0 Å². The van der Waals surface area contributed by atoms with E-state index in [2.05, 4.69) is 68.5 Å². The molecule has 0 saturated carbocycles. The van der Waals surface area contributed by atoms with Crippen molar-refractivity contribution in [1.29, 1.82) is 21.0 Å². The molecule has 0 radical (unpaired) electrons. The number of hydrogen-bond donors (Lipinski definition) is 4. The largest absolute Gasteiger partial charge is 0.355 e. The first-order valence-electron chi connectivity index (χ1n) is 18.2. The lowest BCUT2D eigenvalue weighted by molar-refractivity contribution is 1.29. The molecule has 16 bridgehead atoms. The van der Waals surface area contributed by atoms with Crippen LogP contribution in [0, 0.1) is 45.3 Å². The van der Waals surface area contributed by atoms with Crippen LogP contribution in [0.25, 0.3) is 134 Å². The Morgan fingerprint density at radius 2 is 0.879 bits per heavy atom. The fourth-order valence-corrected chi connectivity index (χ4v) is 8.66. The third kappa shape index (κ3) is 4.34. The van der Waals surface area contributed by atoms with Gasteiger partial charge >= 0.3 is 0 Å². The smallest absolute Gasteiger partial charge is 0.141 e. The van der Waals surface area contributed by atoms with Crippen LogP contribution in [0.3, 0.4) is 0 Å². The van der Waals surface area contributed by atoms with Gasteiger partial charge in [-0.2, -0.15) is 21.0 Å². The second kappa shape index (κ2) is 11.2. The van der Waals surface area contributed by atoms with Crippen LogP contribution in [0.15, 0.2) is 72.8 Å². The number of fused-ring (bicyclic) bond motifs is 14. The summed E-state index contributed by atoms with van der Waals surface area (Å²) in [7, 11) is 0. The zero-order valence-corrected chi connectivity index (χ0v) is 29.8. The fourth-order valence-electron chi connectivity index (χ4n) is 8.66. The highest BCUT2D eigenvalue weighted by Crippen LogP contribution is 2.44. The number of hydrogen-bond acceptors (Lipinski definition) is 8. The first-order valence-corrected chi connectivity index (χ1v) is 18.2. The Hall–Kier alpha value is -9.10. The van der Waals surface area contributed by atoms with Crippen LogP contribution in [0.1, 0.15) is 22.8 Å². The number of nitrogens with zero attached hydrogens (tertiary/aromatic N) is 8. The van der Waals surface area contributed by atoms with Crippen molar-refractivity contribution in [2.24, 2.45) is 0 Å². The van der Waals surface area contributed by atoms with Crippen molar-refractivity contribution in [2.75, 3.05) is 0 Å². The summed E-state index contributed by atoms with van der Waals surface area (Å²) >= 11 is 0. The third-order valence-corrected chi connectivity index (χ3v) is 11.0. The van der Waals surface area contributed by atoms with Gasteiger partial charge < -0.3 is 19.9 Å². The van der Waals surface area contributed by atoms with E-state index >= 15 is 0 Å². The summed E-state index contributed by atoms with van der Waals surface area (Å²) in [6.07, 6.45) is 7.38. The molecule has 264 valence electrons. The Morgan fingerprint density at radius 3 is 1.31 bits per heavy atom. The highest BCUT2D eigenvalue weighted by atomic mass is 14.8. The molecule has 0 unspecified atom stereocenters. The molecule has 2 aromatic carbocycles. The van der Waals surface area contributed by atoms with Crippen molar-refractivity contribution in [3.63, 3.8) is 0 Å². The van der Waals surface area contributed by atoms with Gasteiger partial charge in [-0.1, -0.05) is 0 Å². The zero-order valence-electron chi connectivity index (χ0n) is 29.8. The molecule has 0 spiro atoms. The van der Waals surface area contributed by atoms with Crippen LogP contribution < -0.4 is 10.4 Å². The maximum absolute atomic E-state index is 9.96. The van der Waals surface area contributed by atoms with Crippen LogP contribution in [0.2, 0.25) is 0 Å². The highest BCUT2D eigenvalue weighted by molar-refractivity contribution is 6.39. The molecule has 12 rings (SSSR count). The second-order valence-electron chi connectivity index (χ2n) is 14.4. The summed E-state index contributed by atoms with van der Waals surface area (Å²) in [5.74, 6) is 0.